The molecule has 0 aliphatic heterocycles. The van der Waals surface area contributed by atoms with Crippen molar-refractivity contribution in [1.82, 2.24) is 5.32 Å². The molecule has 100 valence electrons. The van der Waals surface area contributed by atoms with Crippen molar-refractivity contribution in [2.75, 3.05) is 6.54 Å². The second-order valence-corrected chi connectivity index (χ2v) is 5.99. The molecule has 0 bridgehead atoms. The van der Waals surface area contributed by atoms with Gasteiger partial charge in [0.05, 0.1) is 6.42 Å². The monoisotopic (exact) mass is 248 g/mol. The second kappa shape index (κ2) is 6.55. The van der Waals surface area contributed by atoms with Crippen molar-refractivity contribution >= 4 is 5.91 Å². The summed E-state index contributed by atoms with van der Waals surface area (Å²) in [5, 5.41) is 2.89. The summed E-state index contributed by atoms with van der Waals surface area (Å²) in [6.45, 7) is 7.00. The zero-order valence-electron chi connectivity index (χ0n) is 11.6. The van der Waals surface area contributed by atoms with Crippen molar-refractivity contribution < 1.29 is 4.79 Å². The van der Waals surface area contributed by atoms with E-state index in [1.54, 1.807) is 0 Å². The van der Waals surface area contributed by atoms with Crippen molar-refractivity contribution in [3.63, 3.8) is 0 Å². The number of carbonyl (C=O) groups is 1. The van der Waals surface area contributed by atoms with Gasteiger partial charge in [-0.3, -0.25) is 4.79 Å². The van der Waals surface area contributed by atoms with Gasteiger partial charge in [0.2, 0.25) is 5.91 Å². The highest BCUT2D eigenvalue weighted by Crippen LogP contribution is 2.19. The van der Waals surface area contributed by atoms with E-state index in [1.807, 2.05) is 30.3 Å². The minimum absolute atomic E-state index is 0.0183. The molecule has 1 unspecified atom stereocenters. The zero-order chi connectivity index (χ0) is 13.6. The molecule has 0 fully saturated rings. The molecule has 1 atom stereocenters. The first kappa shape index (κ1) is 14.7. The number of nitrogens with two attached hydrogens (primary N) is 1. The SMILES string of the molecule is CC(C)(C)CC(N)CNC(=O)Cc1ccccc1. The van der Waals surface area contributed by atoms with Gasteiger partial charge in [0.25, 0.3) is 0 Å². The van der Waals surface area contributed by atoms with Crippen LogP contribution in [-0.2, 0) is 11.2 Å². The molecule has 18 heavy (non-hydrogen) atoms. The fraction of sp³-hybridized carbons (Fsp3) is 0.533. The van der Waals surface area contributed by atoms with Crippen molar-refractivity contribution in [1.29, 1.82) is 0 Å². The molecule has 0 aliphatic carbocycles. The first-order valence-electron chi connectivity index (χ1n) is 6.43. The summed E-state index contributed by atoms with van der Waals surface area (Å²) in [5.41, 5.74) is 7.21. The number of amides is 1. The van der Waals surface area contributed by atoms with Gasteiger partial charge in [0.15, 0.2) is 0 Å². The van der Waals surface area contributed by atoms with Crippen LogP contribution in [0.4, 0.5) is 0 Å². The Hall–Kier alpha value is -1.35. The van der Waals surface area contributed by atoms with Crippen molar-refractivity contribution in [2.24, 2.45) is 11.1 Å². The van der Waals surface area contributed by atoms with E-state index in [2.05, 4.69) is 26.1 Å². The van der Waals surface area contributed by atoms with Crippen LogP contribution in [0.3, 0.4) is 0 Å². The Labute approximate surface area is 110 Å². The van der Waals surface area contributed by atoms with Gasteiger partial charge < -0.3 is 11.1 Å². The van der Waals surface area contributed by atoms with Gasteiger partial charge >= 0.3 is 0 Å². The van der Waals surface area contributed by atoms with Gasteiger partial charge in [-0.05, 0) is 17.4 Å². The van der Waals surface area contributed by atoms with Crippen LogP contribution >= 0.6 is 0 Å². The third-order valence-electron chi connectivity index (χ3n) is 2.64. The van der Waals surface area contributed by atoms with Crippen LogP contribution in [0.15, 0.2) is 30.3 Å². The van der Waals surface area contributed by atoms with E-state index in [0.29, 0.717) is 13.0 Å². The fourth-order valence-corrected chi connectivity index (χ4v) is 1.95. The first-order chi connectivity index (χ1) is 8.37. The van der Waals surface area contributed by atoms with Gasteiger partial charge in [-0.15, -0.1) is 0 Å². The lowest BCUT2D eigenvalue weighted by molar-refractivity contribution is -0.120. The highest BCUT2D eigenvalue weighted by atomic mass is 16.1. The van der Waals surface area contributed by atoms with Gasteiger partial charge in [-0.25, -0.2) is 0 Å². The van der Waals surface area contributed by atoms with Crippen LogP contribution in [0.1, 0.15) is 32.8 Å². The molecule has 1 aromatic rings. The third-order valence-corrected chi connectivity index (χ3v) is 2.64. The minimum atomic E-state index is 0.0183. The lowest BCUT2D eigenvalue weighted by Crippen LogP contribution is -2.39. The van der Waals surface area contributed by atoms with Crippen molar-refractivity contribution in [2.45, 2.75) is 39.7 Å². The quantitative estimate of drug-likeness (QED) is 0.838. The van der Waals surface area contributed by atoms with Crippen LogP contribution in [0, 0.1) is 5.41 Å². The lowest BCUT2D eigenvalue weighted by Gasteiger charge is -2.23. The number of hydrogen-bond acceptors (Lipinski definition) is 2. The normalized spacial score (nSPS) is 13.1. The molecule has 3 nitrogen and oxygen atoms in total. The topological polar surface area (TPSA) is 55.1 Å². The Bertz CT molecular complexity index is 368. The van der Waals surface area contributed by atoms with Gasteiger partial charge in [0, 0.05) is 12.6 Å². The highest BCUT2D eigenvalue weighted by Gasteiger charge is 2.16. The average molecular weight is 248 g/mol. The lowest BCUT2D eigenvalue weighted by atomic mass is 9.88. The molecule has 1 aromatic carbocycles. The molecular weight excluding hydrogens is 224 g/mol. The van der Waals surface area contributed by atoms with Crippen molar-refractivity contribution in [3.8, 4) is 0 Å². The third kappa shape index (κ3) is 6.40. The standard InChI is InChI=1S/C15H24N2O/c1-15(2,3)10-13(16)11-17-14(18)9-12-7-5-4-6-8-12/h4-8,13H,9-11,16H2,1-3H3,(H,17,18). The van der Waals surface area contributed by atoms with Gasteiger partial charge in [0.1, 0.15) is 0 Å². The van der Waals surface area contributed by atoms with Gasteiger partial charge in [-0.2, -0.15) is 0 Å². The predicted octanol–water partition coefficient (Wildman–Crippen LogP) is 2.11. The number of hydrogen-bond donors (Lipinski definition) is 2. The summed E-state index contributed by atoms with van der Waals surface area (Å²) in [6.07, 6.45) is 1.32. The highest BCUT2D eigenvalue weighted by molar-refractivity contribution is 5.78. The zero-order valence-corrected chi connectivity index (χ0v) is 11.6. The Morgan fingerprint density at radius 1 is 1.28 bits per heavy atom. The summed E-state index contributed by atoms with van der Waals surface area (Å²) in [4.78, 5) is 11.7. The maximum Gasteiger partial charge on any atom is 0.224 e. The molecule has 3 N–H and O–H groups in total. The fourth-order valence-electron chi connectivity index (χ4n) is 1.95. The first-order valence-corrected chi connectivity index (χ1v) is 6.43. The van der Waals surface area contributed by atoms with E-state index < -0.39 is 0 Å². The van der Waals surface area contributed by atoms with E-state index in [4.69, 9.17) is 5.73 Å². The van der Waals surface area contributed by atoms with Crippen LogP contribution in [0.25, 0.3) is 0 Å². The number of nitrogens with one attached hydrogen (secondary N) is 1. The number of rotatable bonds is 5. The molecule has 0 radical (unpaired) electrons. The molecule has 0 heterocycles. The van der Waals surface area contributed by atoms with E-state index >= 15 is 0 Å². The molecule has 0 spiro atoms. The molecule has 1 rings (SSSR count). The summed E-state index contributed by atoms with van der Waals surface area (Å²) in [6, 6.07) is 9.75. The van der Waals surface area contributed by atoms with Crippen LogP contribution in [0.2, 0.25) is 0 Å². The molecule has 1 amide bonds. The Kier molecular flexibility index (Phi) is 5.35. The summed E-state index contributed by atoms with van der Waals surface area (Å²) >= 11 is 0. The molecule has 3 heteroatoms. The number of benzene rings is 1. The molecule has 0 saturated carbocycles. The summed E-state index contributed by atoms with van der Waals surface area (Å²) < 4.78 is 0. The van der Waals surface area contributed by atoms with E-state index in [9.17, 15) is 4.79 Å². The van der Waals surface area contributed by atoms with E-state index in [0.717, 1.165) is 12.0 Å². The maximum atomic E-state index is 11.7. The Morgan fingerprint density at radius 3 is 2.44 bits per heavy atom. The average Bonchev–Trinajstić information content (AvgIpc) is 2.25. The minimum Gasteiger partial charge on any atom is -0.354 e. The molecule has 0 aliphatic rings. The molecular formula is C15H24N2O. The second-order valence-electron chi connectivity index (χ2n) is 5.99. The van der Waals surface area contributed by atoms with Gasteiger partial charge in [-0.1, -0.05) is 51.1 Å². The van der Waals surface area contributed by atoms with E-state index in [1.165, 1.54) is 0 Å². The summed E-state index contributed by atoms with van der Waals surface area (Å²) in [5.74, 6) is 0.0329. The predicted molar refractivity (Wildman–Crippen MR) is 75.2 cm³/mol. The summed E-state index contributed by atoms with van der Waals surface area (Å²) in [7, 11) is 0. The Balaban J connectivity index is 2.29. The smallest absolute Gasteiger partial charge is 0.224 e. The van der Waals surface area contributed by atoms with Crippen LogP contribution < -0.4 is 11.1 Å². The molecule has 0 aromatic heterocycles. The van der Waals surface area contributed by atoms with E-state index in [-0.39, 0.29) is 17.4 Å². The maximum absolute atomic E-state index is 11.7. The van der Waals surface area contributed by atoms with Crippen LogP contribution in [0.5, 0.6) is 0 Å². The largest absolute Gasteiger partial charge is 0.354 e. The van der Waals surface area contributed by atoms with Crippen molar-refractivity contribution in [3.05, 3.63) is 35.9 Å². The molecule has 0 saturated heterocycles. The number of carbonyl (C=O) groups excluding carboxylic acids is 1. The Morgan fingerprint density at radius 2 is 1.89 bits per heavy atom. The van der Waals surface area contributed by atoms with Crippen LogP contribution in [-0.4, -0.2) is 18.5 Å².